The molecule has 11 heteroatoms. The van der Waals surface area contributed by atoms with E-state index in [2.05, 4.69) is 39.1 Å². The van der Waals surface area contributed by atoms with E-state index >= 15 is 0 Å². The van der Waals surface area contributed by atoms with E-state index in [0.717, 1.165) is 37.4 Å². The Morgan fingerprint density at radius 3 is 2.43 bits per heavy atom. The normalized spacial score (nSPS) is 14.8. The minimum absolute atomic E-state index is 0.0692. The van der Waals surface area contributed by atoms with E-state index in [4.69, 9.17) is 4.52 Å². The lowest BCUT2D eigenvalue weighted by Gasteiger charge is -2.34. The van der Waals surface area contributed by atoms with Crippen LogP contribution in [0, 0.1) is 0 Å². The lowest BCUT2D eigenvalue weighted by Crippen LogP contribution is -2.44. The van der Waals surface area contributed by atoms with Crippen molar-refractivity contribution in [2.24, 2.45) is 0 Å². The van der Waals surface area contributed by atoms with Gasteiger partial charge in [-0.3, -0.25) is 4.79 Å². The Morgan fingerprint density at radius 1 is 0.973 bits per heavy atom. The summed E-state index contributed by atoms with van der Waals surface area (Å²) in [4.78, 5) is 21.7. The van der Waals surface area contributed by atoms with Crippen molar-refractivity contribution in [3.05, 3.63) is 82.8 Å². The zero-order valence-electron chi connectivity index (χ0n) is 20.0. The number of aromatic nitrogens is 3. The fourth-order valence-corrected chi connectivity index (χ4v) is 4.70. The van der Waals surface area contributed by atoms with Gasteiger partial charge in [-0.2, -0.15) is 18.2 Å². The third-order valence-electron chi connectivity index (χ3n) is 6.13. The van der Waals surface area contributed by atoms with E-state index in [9.17, 15) is 18.0 Å². The predicted octanol–water partition coefficient (Wildman–Crippen LogP) is 4.98. The highest BCUT2D eigenvalue weighted by molar-refractivity contribution is 8.00. The Bertz CT molecular complexity index is 1430. The van der Waals surface area contributed by atoms with Crippen LogP contribution < -0.4 is 10.5 Å². The molecule has 5 rings (SSSR count). The molecule has 1 saturated heterocycles. The molecule has 0 bridgehead atoms. The molecule has 1 aliphatic heterocycles. The molecule has 4 aromatic rings. The van der Waals surface area contributed by atoms with Gasteiger partial charge in [0.25, 0.3) is 11.4 Å². The van der Waals surface area contributed by atoms with Gasteiger partial charge in [-0.1, -0.05) is 17.3 Å². The minimum atomic E-state index is -4.35. The monoisotopic (exact) mass is 527 g/mol. The van der Waals surface area contributed by atoms with Gasteiger partial charge in [0.2, 0.25) is 5.82 Å². The highest BCUT2D eigenvalue weighted by Gasteiger charge is 2.29. The molecular formula is C26H24F3N5O2S. The first-order chi connectivity index (χ1) is 17.7. The molecule has 0 unspecified atom stereocenters. The first-order valence-corrected chi connectivity index (χ1v) is 12.5. The Kier molecular flexibility index (Phi) is 7.07. The molecule has 1 fully saturated rings. The van der Waals surface area contributed by atoms with Crippen molar-refractivity contribution in [1.29, 1.82) is 0 Å². The van der Waals surface area contributed by atoms with Crippen molar-refractivity contribution < 1.29 is 17.7 Å². The van der Waals surface area contributed by atoms with E-state index in [1.807, 2.05) is 12.1 Å². The van der Waals surface area contributed by atoms with Crippen LogP contribution in [-0.4, -0.2) is 58.3 Å². The summed E-state index contributed by atoms with van der Waals surface area (Å²) in [5, 5.41) is 4.01. The van der Waals surface area contributed by atoms with Crippen LogP contribution in [0.4, 0.5) is 18.9 Å². The molecule has 0 spiro atoms. The van der Waals surface area contributed by atoms with Crippen LogP contribution in [-0.2, 0) is 6.54 Å². The second-order valence-electron chi connectivity index (χ2n) is 8.84. The van der Waals surface area contributed by atoms with E-state index in [1.54, 1.807) is 16.8 Å². The Balaban J connectivity index is 1.33. The molecule has 1 aliphatic rings. The number of hydrogen-bond acceptors (Lipinski definition) is 7. The molecule has 37 heavy (non-hydrogen) atoms. The van der Waals surface area contributed by atoms with E-state index in [-0.39, 0.29) is 33.9 Å². The van der Waals surface area contributed by atoms with Crippen molar-refractivity contribution in [2.45, 2.75) is 16.9 Å². The first kappa shape index (κ1) is 25.1. The number of benzene rings is 2. The summed E-state index contributed by atoms with van der Waals surface area (Å²) in [5.41, 5.74) is -1.28. The largest absolute Gasteiger partial charge is 0.446 e. The van der Waals surface area contributed by atoms with Crippen molar-refractivity contribution in [1.82, 2.24) is 19.6 Å². The Hall–Kier alpha value is -3.57. The molecular weight excluding hydrogens is 503 g/mol. The Morgan fingerprint density at radius 2 is 1.70 bits per heavy atom. The molecule has 0 N–H and O–H groups in total. The topological polar surface area (TPSA) is 67.4 Å². The highest BCUT2D eigenvalue weighted by atomic mass is 32.2. The standard InChI is InChI=1S/C26H24F3N5O2S/c1-32-11-13-33(14-12-32)21-4-2-3-18(15-21)16-34-17-20(7-10-23(34)35)24-30-25(36-31-24)19-5-8-22(9-6-19)37-26(27,28)29/h2-10,15,17H,11-14,16H2,1H3. The highest BCUT2D eigenvalue weighted by Crippen LogP contribution is 2.37. The summed E-state index contributed by atoms with van der Waals surface area (Å²) in [6.07, 6.45) is 1.68. The molecule has 192 valence electrons. The van der Waals surface area contributed by atoms with Crippen LogP contribution >= 0.6 is 11.8 Å². The number of likely N-dealkylation sites (N-methyl/N-ethyl adjacent to an activating group) is 1. The molecule has 2 aromatic carbocycles. The number of thioether (sulfide) groups is 1. The van der Waals surface area contributed by atoms with E-state index < -0.39 is 5.51 Å². The van der Waals surface area contributed by atoms with Gasteiger partial charge < -0.3 is 18.9 Å². The number of hydrogen-bond donors (Lipinski definition) is 0. The summed E-state index contributed by atoms with van der Waals surface area (Å²) in [7, 11) is 2.12. The second kappa shape index (κ2) is 10.4. The van der Waals surface area contributed by atoms with Gasteiger partial charge in [0.05, 0.1) is 6.54 Å². The number of nitrogens with zero attached hydrogens (tertiary/aromatic N) is 5. The lowest BCUT2D eigenvalue weighted by atomic mass is 10.1. The number of alkyl halides is 3. The molecule has 0 amide bonds. The second-order valence-corrected chi connectivity index (χ2v) is 9.98. The van der Waals surface area contributed by atoms with Crippen LogP contribution in [0.5, 0.6) is 0 Å². The van der Waals surface area contributed by atoms with Gasteiger partial charge in [-0.25, -0.2) is 0 Å². The maximum Gasteiger partial charge on any atom is 0.446 e. The molecule has 3 heterocycles. The average Bonchev–Trinajstić information content (AvgIpc) is 3.36. The zero-order valence-corrected chi connectivity index (χ0v) is 20.8. The van der Waals surface area contributed by atoms with Crippen LogP contribution in [0.25, 0.3) is 22.8 Å². The maximum atomic E-state index is 12.6. The number of piperazine rings is 1. The van der Waals surface area contributed by atoms with Crippen LogP contribution in [0.1, 0.15) is 5.56 Å². The molecule has 2 aromatic heterocycles. The SMILES string of the molecule is CN1CCN(c2cccc(Cn3cc(-c4noc(-c5ccc(SC(F)(F)F)cc5)n4)ccc3=O)c2)CC1. The summed E-state index contributed by atoms with van der Waals surface area (Å²) < 4.78 is 44.6. The van der Waals surface area contributed by atoms with Crippen molar-refractivity contribution in [3.63, 3.8) is 0 Å². The van der Waals surface area contributed by atoms with Gasteiger partial charge in [-0.15, -0.1) is 0 Å². The smallest absolute Gasteiger partial charge is 0.369 e. The minimum Gasteiger partial charge on any atom is -0.369 e. The van der Waals surface area contributed by atoms with Crippen molar-refractivity contribution in [2.75, 3.05) is 38.1 Å². The number of rotatable bonds is 6. The first-order valence-electron chi connectivity index (χ1n) is 11.7. The summed E-state index contributed by atoms with van der Waals surface area (Å²) in [6.45, 7) is 4.32. The van der Waals surface area contributed by atoms with Crippen molar-refractivity contribution in [3.8, 4) is 22.8 Å². The fraction of sp³-hybridized carbons (Fsp3) is 0.269. The van der Waals surface area contributed by atoms with Gasteiger partial charge in [0.15, 0.2) is 0 Å². The third-order valence-corrected chi connectivity index (χ3v) is 6.87. The summed E-state index contributed by atoms with van der Waals surface area (Å²) in [5.74, 6) is 0.458. The molecule has 0 radical (unpaired) electrons. The molecule has 7 nitrogen and oxygen atoms in total. The number of anilines is 1. The molecule has 0 saturated carbocycles. The van der Waals surface area contributed by atoms with E-state index in [1.165, 1.54) is 30.3 Å². The van der Waals surface area contributed by atoms with Gasteiger partial charge in [0, 0.05) is 60.2 Å². The van der Waals surface area contributed by atoms with Gasteiger partial charge >= 0.3 is 5.51 Å². The average molecular weight is 528 g/mol. The van der Waals surface area contributed by atoms with Crippen LogP contribution in [0.2, 0.25) is 0 Å². The third kappa shape index (κ3) is 6.23. The Labute approximate surface area is 215 Å². The van der Waals surface area contributed by atoms with Gasteiger partial charge in [-0.05, 0) is 66.8 Å². The number of halogens is 3. The lowest BCUT2D eigenvalue weighted by molar-refractivity contribution is -0.0328. The summed E-state index contributed by atoms with van der Waals surface area (Å²) in [6, 6.07) is 17.0. The fourth-order valence-electron chi connectivity index (χ4n) is 4.16. The van der Waals surface area contributed by atoms with Crippen molar-refractivity contribution >= 4 is 17.4 Å². The molecule has 0 aliphatic carbocycles. The van der Waals surface area contributed by atoms with E-state index in [0.29, 0.717) is 17.7 Å². The molecule has 0 atom stereocenters. The quantitative estimate of drug-likeness (QED) is 0.328. The van der Waals surface area contributed by atoms with Crippen LogP contribution in [0.15, 0.2) is 81.1 Å². The van der Waals surface area contributed by atoms with Gasteiger partial charge in [0.1, 0.15) is 0 Å². The number of pyridine rings is 1. The zero-order chi connectivity index (χ0) is 26.0. The predicted molar refractivity (Wildman–Crippen MR) is 137 cm³/mol. The van der Waals surface area contributed by atoms with Crippen LogP contribution in [0.3, 0.4) is 0 Å². The maximum absolute atomic E-state index is 12.6. The summed E-state index contributed by atoms with van der Waals surface area (Å²) >= 11 is -0.184.